The van der Waals surface area contributed by atoms with Gasteiger partial charge in [0.05, 0.1) is 23.7 Å². The van der Waals surface area contributed by atoms with Gasteiger partial charge < -0.3 is 9.47 Å². The molecule has 1 atom stereocenters. The zero-order chi connectivity index (χ0) is 25.8. The second-order valence-corrected chi connectivity index (χ2v) is 11.8. The van der Waals surface area contributed by atoms with Gasteiger partial charge in [0.15, 0.2) is 0 Å². The van der Waals surface area contributed by atoms with Crippen molar-refractivity contribution in [2.45, 2.75) is 23.2 Å². The molecule has 1 unspecified atom stereocenters. The van der Waals surface area contributed by atoms with E-state index < -0.39 is 10.0 Å². The van der Waals surface area contributed by atoms with Gasteiger partial charge in [0.1, 0.15) is 12.4 Å². The highest BCUT2D eigenvalue weighted by Gasteiger charge is 2.26. The Bertz CT molecular complexity index is 1550. The third kappa shape index (κ3) is 5.66. The molecule has 1 aliphatic heterocycles. The summed E-state index contributed by atoms with van der Waals surface area (Å²) in [5, 5.41) is 1.81. The molecule has 8 heteroatoms. The molecule has 1 heterocycles. The number of thioether (sulfide) groups is 1. The van der Waals surface area contributed by atoms with Crippen LogP contribution in [0.2, 0.25) is 0 Å². The predicted molar refractivity (Wildman–Crippen MR) is 146 cm³/mol. The first-order valence-electron chi connectivity index (χ1n) is 11.9. The minimum absolute atomic E-state index is 0.0727. The molecule has 4 aromatic carbocycles. The van der Waals surface area contributed by atoms with E-state index in [9.17, 15) is 13.2 Å². The summed E-state index contributed by atoms with van der Waals surface area (Å²) in [6.45, 7) is 0.724. The molecule has 0 bridgehead atoms. The Morgan fingerprint density at radius 2 is 1.76 bits per heavy atom. The summed E-state index contributed by atoms with van der Waals surface area (Å²) in [4.78, 5) is 12.1. The first-order chi connectivity index (χ1) is 17.9. The second-order valence-electron chi connectivity index (χ2n) is 8.77. The second kappa shape index (κ2) is 11.0. The van der Waals surface area contributed by atoms with E-state index in [-0.39, 0.29) is 29.1 Å². The van der Waals surface area contributed by atoms with E-state index >= 15 is 0 Å². The third-order valence-electron chi connectivity index (χ3n) is 6.36. The normalized spacial score (nSPS) is 14.8. The molecule has 0 spiro atoms. The summed E-state index contributed by atoms with van der Waals surface area (Å²) in [5.41, 5.74) is 4.02. The Morgan fingerprint density at radius 3 is 2.59 bits per heavy atom. The third-order valence-corrected chi connectivity index (χ3v) is 9.10. The van der Waals surface area contributed by atoms with Gasteiger partial charge in [-0.25, -0.2) is 13.1 Å². The average Bonchev–Trinajstić information content (AvgIpc) is 3.07. The molecule has 37 heavy (non-hydrogen) atoms. The Balaban J connectivity index is 1.34. The monoisotopic (exact) mass is 533 g/mol. The molecule has 5 rings (SSSR count). The summed E-state index contributed by atoms with van der Waals surface area (Å²) in [6.07, 6.45) is 0.175. The molecule has 0 fully saturated rings. The average molecular weight is 534 g/mol. The molecular weight excluding hydrogens is 506 g/mol. The minimum atomic E-state index is -3.65. The quantitative estimate of drug-likeness (QED) is 0.246. The molecule has 0 saturated heterocycles. The van der Waals surface area contributed by atoms with Gasteiger partial charge in [-0.2, -0.15) is 0 Å². The van der Waals surface area contributed by atoms with Crippen molar-refractivity contribution in [2.75, 3.05) is 19.4 Å². The zero-order valence-corrected chi connectivity index (χ0v) is 22.0. The molecule has 0 radical (unpaired) electrons. The van der Waals surface area contributed by atoms with Gasteiger partial charge in [-0.1, -0.05) is 66.7 Å². The van der Waals surface area contributed by atoms with E-state index in [1.165, 1.54) is 7.11 Å². The lowest BCUT2D eigenvalue weighted by Gasteiger charge is -2.20. The highest BCUT2D eigenvalue weighted by atomic mass is 32.2. The van der Waals surface area contributed by atoms with Crippen LogP contribution in [0, 0.1) is 0 Å². The fourth-order valence-corrected chi connectivity index (χ4v) is 6.90. The molecular formula is C29H27NO5S2. The van der Waals surface area contributed by atoms with Crippen LogP contribution in [-0.4, -0.2) is 33.8 Å². The maximum atomic E-state index is 13.0. The van der Waals surface area contributed by atoms with Crippen LogP contribution in [0.3, 0.4) is 0 Å². The number of fused-ring (bicyclic) bond motifs is 3. The standard InChI is InChI=1S/C29H27NO5S2/c1-34-28(31)17-20-10-13-27-26(16-20)29(25-9-5-4-8-23(25)19-35-27)36-15-14-30-37(32,33)24-12-11-21-6-2-3-7-22(21)18-24/h2-13,16,18,29-30H,14-15,17,19H2,1H3. The van der Waals surface area contributed by atoms with E-state index in [1.54, 1.807) is 23.9 Å². The summed E-state index contributed by atoms with van der Waals surface area (Å²) in [7, 11) is -2.27. The maximum absolute atomic E-state index is 13.0. The van der Waals surface area contributed by atoms with Crippen molar-refractivity contribution >= 4 is 38.5 Å². The van der Waals surface area contributed by atoms with Gasteiger partial charge in [0, 0.05) is 17.9 Å². The van der Waals surface area contributed by atoms with Gasteiger partial charge in [-0.05, 0) is 45.7 Å². The van der Waals surface area contributed by atoms with E-state index in [0.29, 0.717) is 12.4 Å². The molecule has 4 aromatic rings. The van der Waals surface area contributed by atoms with Crippen molar-refractivity contribution < 1.29 is 22.7 Å². The Kier molecular flexibility index (Phi) is 7.50. The highest BCUT2D eigenvalue weighted by molar-refractivity contribution is 7.99. The largest absolute Gasteiger partial charge is 0.489 e. The number of rotatable bonds is 8. The van der Waals surface area contributed by atoms with Gasteiger partial charge in [0.2, 0.25) is 10.0 Å². The van der Waals surface area contributed by atoms with Gasteiger partial charge in [-0.15, -0.1) is 11.8 Å². The van der Waals surface area contributed by atoms with E-state index in [2.05, 4.69) is 10.8 Å². The number of esters is 1. The van der Waals surface area contributed by atoms with Gasteiger partial charge >= 0.3 is 5.97 Å². The lowest BCUT2D eigenvalue weighted by molar-refractivity contribution is -0.139. The summed E-state index contributed by atoms with van der Waals surface area (Å²) >= 11 is 1.64. The summed E-state index contributed by atoms with van der Waals surface area (Å²) < 4.78 is 39.6. The fraction of sp³-hybridized carbons (Fsp3) is 0.207. The van der Waals surface area contributed by atoms with Crippen LogP contribution >= 0.6 is 11.8 Å². The lowest BCUT2D eigenvalue weighted by atomic mass is 9.98. The predicted octanol–water partition coefficient (Wildman–Crippen LogP) is 5.25. The van der Waals surface area contributed by atoms with Crippen LogP contribution in [0.1, 0.15) is 27.5 Å². The van der Waals surface area contributed by atoms with Crippen LogP contribution < -0.4 is 9.46 Å². The maximum Gasteiger partial charge on any atom is 0.309 e. The smallest absolute Gasteiger partial charge is 0.309 e. The van der Waals surface area contributed by atoms with Crippen molar-refractivity contribution in [3.8, 4) is 5.75 Å². The SMILES string of the molecule is COC(=O)Cc1ccc2c(c1)C(SCCNS(=O)(=O)c1ccc3ccccc3c1)c1ccccc1CO2. The van der Waals surface area contributed by atoms with E-state index in [4.69, 9.17) is 9.47 Å². The number of benzene rings is 4. The van der Waals surface area contributed by atoms with Crippen LogP contribution in [0.5, 0.6) is 5.75 Å². The minimum Gasteiger partial charge on any atom is -0.489 e. The number of ether oxygens (including phenoxy) is 2. The number of sulfonamides is 1. The summed E-state index contributed by atoms with van der Waals surface area (Å²) in [6, 6.07) is 26.7. The number of nitrogens with one attached hydrogen (secondary N) is 1. The van der Waals surface area contributed by atoms with Crippen LogP contribution in [-0.2, 0) is 32.6 Å². The number of hydrogen-bond donors (Lipinski definition) is 1. The van der Waals surface area contributed by atoms with Crippen molar-refractivity contribution in [3.63, 3.8) is 0 Å². The molecule has 0 aromatic heterocycles. The van der Waals surface area contributed by atoms with E-state index in [1.807, 2.05) is 66.7 Å². The first-order valence-corrected chi connectivity index (χ1v) is 14.5. The molecule has 1 N–H and O–H groups in total. The summed E-state index contributed by atoms with van der Waals surface area (Å²) in [5.74, 6) is 1.01. The van der Waals surface area contributed by atoms with E-state index in [0.717, 1.165) is 38.8 Å². The fourth-order valence-electron chi connectivity index (χ4n) is 4.48. The molecule has 190 valence electrons. The van der Waals surface area contributed by atoms with Crippen LogP contribution in [0.4, 0.5) is 0 Å². The molecule has 0 aliphatic carbocycles. The number of carbonyl (C=O) groups excluding carboxylic acids is 1. The Hall–Kier alpha value is -3.33. The zero-order valence-electron chi connectivity index (χ0n) is 20.3. The highest BCUT2D eigenvalue weighted by Crippen LogP contribution is 2.44. The van der Waals surface area contributed by atoms with Crippen molar-refractivity contribution in [3.05, 3.63) is 107 Å². The molecule has 0 amide bonds. The number of carbonyl (C=O) groups is 1. The molecule has 6 nitrogen and oxygen atoms in total. The van der Waals surface area contributed by atoms with Crippen LogP contribution in [0.15, 0.2) is 89.8 Å². The Morgan fingerprint density at radius 1 is 0.973 bits per heavy atom. The van der Waals surface area contributed by atoms with Crippen molar-refractivity contribution in [2.24, 2.45) is 0 Å². The van der Waals surface area contributed by atoms with Crippen molar-refractivity contribution in [1.29, 1.82) is 0 Å². The molecule has 0 saturated carbocycles. The topological polar surface area (TPSA) is 81.7 Å². The lowest BCUT2D eigenvalue weighted by Crippen LogP contribution is -2.26. The first kappa shape index (κ1) is 25.3. The number of hydrogen-bond acceptors (Lipinski definition) is 6. The number of methoxy groups -OCH3 is 1. The van der Waals surface area contributed by atoms with Crippen molar-refractivity contribution in [1.82, 2.24) is 4.72 Å². The van der Waals surface area contributed by atoms with Gasteiger partial charge in [0.25, 0.3) is 0 Å². The van der Waals surface area contributed by atoms with Crippen LogP contribution in [0.25, 0.3) is 10.8 Å². The Labute approximate surface area is 221 Å². The molecule has 1 aliphatic rings. The van der Waals surface area contributed by atoms with Gasteiger partial charge in [-0.3, -0.25) is 4.79 Å².